The monoisotopic (exact) mass is 345 g/mol. The molecule has 4 rings (SSSR count). The van der Waals surface area contributed by atoms with Crippen LogP contribution in [0.1, 0.15) is 31.0 Å². The molecule has 0 atom stereocenters. The van der Waals surface area contributed by atoms with Crippen LogP contribution in [-0.4, -0.2) is 29.5 Å². The van der Waals surface area contributed by atoms with E-state index in [0.717, 1.165) is 22.6 Å². The maximum absolute atomic E-state index is 4.65. The van der Waals surface area contributed by atoms with Gasteiger partial charge in [0.1, 0.15) is 5.82 Å². The molecule has 130 valence electrons. The lowest BCUT2D eigenvalue weighted by Crippen LogP contribution is -2.08. The Labute approximate surface area is 151 Å². The summed E-state index contributed by atoms with van der Waals surface area (Å²) < 4.78 is 1.74. The molecule has 0 bridgehead atoms. The quantitative estimate of drug-likeness (QED) is 0.598. The van der Waals surface area contributed by atoms with Crippen molar-refractivity contribution in [2.75, 3.05) is 5.32 Å². The molecule has 0 aromatic carbocycles. The van der Waals surface area contributed by atoms with Crippen molar-refractivity contribution >= 4 is 11.6 Å². The Morgan fingerprint density at radius 3 is 2.54 bits per heavy atom. The van der Waals surface area contributed by atoms with E-state index in [1.165, 1.54) is 0 Å². The number of rotatable bonds is 5. The minimum Gasteiger partial charge on any atom is -0.366 e. The summed E-state index contributed by atoms with van der Waals surface area (Å²) in [6.45, 7) is 4.87. The van der Waals surface area contributed by atoms with E-state index in [2.05, 4.69) is 44.2 Å². The molecule has 1 N–H and O–H groups in total. The molecule has 0 saturated heterocycles. The molecule has 0 spiro atoms. The smallest absolute Gasteiger partial charge is 0.254 e. The first-order valence-corrected chi connectivity index (χ1v) is 8.51. The average Bonchev–Trinajstić information content (AvgIpc) is 3.12. The summed E-state index contributed by atoms with van der Waals surface area (Å²) in [6.07, 6.45) is 7.09. The van der Waals surface area contributed by atoms with Crippen molar-refractivity contribution in [1.82, 2.24) is 29.5 Å². The van der Waals surface area contributed by atoms with Gasteiger partial charge < -0.3 is 5.32 Å². The number of fused-ring (bicyclic) bond motifs is 1. The van der Waals surface area contributed by atoms with Crippen LogP contribution in [0.3, 0.4) is 0 Å². The van der Waals surface area contributed by atoms with Crippen LogP contribution in [0.5, 0.6) is 0 Å². The van der Waals surface area contributed by atoms with E-state index in [0.29, 0.717) is 18.1 Å². The van der Waals surface area contributed by atoms with Gasteiger partial charge in [0.25, 0.3) is 5.78 Å². The largest absolute Gasteiger partial charge is 0.366 e. The number of pyridine rings is 2. The SMILES string of the molecule is CC(C)c1cc(NCc2cccnc2)n2nc(-c3cccnc3)nc2n1. The van der Waals surface area contributed by atoms with Gasteiger partial charge in [0, 0.05) is 43.0 Å². The highest BCUT2D eigenvalue weighted by Crippen LogP contribution is 2.21. The van der Waals surface area contributed by atoms with Gasteiger partial charge in [0.2, 0.25) is 0 Å². The van der Waals surface area contributed by atoms with Gasteiger partial charge in [0.05, 0.1) is 5.69 Å². The minimum atomic E-state index is 0.289. The summed E-state index contributed by atoms with van der Waals surface area (Å²) in [6, 6.07) is 9.79. The van der Waals surface area contributed by atoms with Crippen molar-refractivity contribution in [2.24, 2.45) is 0 Å². The van der Waals surface area contributed by atoms with E-state index in [9.17, 15) is 0 Å². The molecule has 0 aliphatic rings. The second-order valence-corrected chi connectivity index (χ2v) is 6.32. The summed E-state index contributed by atoms with van der Waals surface area (Å²) in [7, 11) is 0. The molecule has 4 heterocycles. The van der Waals surface area contributed by atoms with E-state index in [1.54, 1.807) is 23.1 Å². The average molecular weight is 345 g/mol. The maximum Gasteiger partial charge on any atom is 0.254 e. The van der Waals surface area contributed by atoms with Crippen molar-refractivity contribution in [3.63, 3.8) is 0 Å². The highest BCUT2D eigenvalue weighted by Gasteiger charge is 2.14. The lowest BCUT2D eigenvalue weighted by atomic mass is 10.1. The van der Waals surface area contributed by atoms with Crippen LogP contribution in [0.2, 0.25) is 0 Å². The fourth-order valence-corrected chi connectivity index (χ4v) is 2.62. The topological polar surface area (TPSA) is 80.9 Å². The molecular weight excluding hydrogens is 326 g/mol. The molecule has 0 amide bonds. The van der Waals surface area contributed by atoms with Crippen molar-refractivity contribution in [2.45, 2.75) is 26.3 Å². The van der Waals surface area contributed by atoms with Gasteiger partial charge in [-0.15, -0.1) is 5.10 Å². The van der Waals surface area contributed by atoms with Gasteiger partial charge in [-0.05, 0) is 29.7 Å². The number of aromatic nitrogens is 6. The maximum atomic E-state index is 4.65. The molecule has 0 fully saturated rings. The van der Waals surface area contributed by atoms with Crippen LogP contribution in [0, 0.1) is 0 Å². The lowest BCUT2D eigenvalue weighted by molar-refractivity contribution is 0.806. The third-order valence-corrected chi connectivity index (χ3v) is 4.04. The highest BCUT2D eigenvalue weighted by atomic mass is 15.4. The van der Waals surface area contributed by atoms with E-state index in [4.69, 9.17) is 0 Å². The lowest BCUT2D eigenvalue weighted by Gasteiger charge is -2.11. The zero-order valence-corrected chi connectivity index (χ0v) is 14.7. The molecular formula is C19H19N7. The first kappa shape index (κ1) is 16.1. The summed E-state index contributed by atoms with van der Waals surface area (Å²) in [5, 5.41) is 8.05. The molecule has 0 saturated carbocycles. The predicted molar refractivity (Wildman–Crippen MR) is 99.7 cm³/mol. The molecule has 7 heteroatoms. The van der Waals surface area contributed by atoms with E-state index < -0.39 is 0 Å². The van der Waals surface area contributed by atoms with Gasteiger partial charge in [0.15, 0.2) is 5.82 Å². The number of hydrogen-bond donors (Lipinski definition) is 1. The third kappa shape index (κ3) is 3.23. The van der Waals surface area contributed by atoms with Crippen LogP contribution >= 0.6 is 0 Å². The summed E-state index contributed by atoms with van der Waals surface area (Å²) in [5.41, 5.74) is 2.93. The Bertz CT molecular complexity index is 1010. The standard InChI is InChI=1S/C19H19N7/c1-13(2)16-9-17(22-11-14-5-3-7-20-10-14)26-19(23-16)24-18(25-26)15-6-4-8-21-12-15/h3-10,12-13,22H,11H2,1-2H3. The van der Waals surface area contributed by atoms with Gasteiger partial charge in [-0.3, -0.25) is 9.97 Å². The van der Waals surface area contributed by atoms with Gasteiger partial charge in [-0.2, -0.15) is 9.50 Å². The number of nitrogens with zero attached hydrogens (tertiary/aromatic N) is 6. The Morgan fingerprint density at radius 1 is 1.04 bits per heavy atom. The fourth-order valence-electron chi connectivity index (χ4n) is 2.62. The molecule has 0 radical (unpaired) electrons. The second kappa shape index (κ2) is 6.87. The van der Waals surface area contributed by atoms with Gasteiger partial charge in [-0.25, -0.2) is 4.98 Å². The zero-order valence-electron chi connectivity index (χ0n) is 14.7. The van der Waals surface area contributed by atoms with Crippen molar-refractivity contribution < 1.29 is 0 Å². The normalized spacial score (nSPS) is 11.2. The molecule has 0 unspecified atom stereocenters. The molecule has 26 heavy (non-hydrogen) atoms. The molecule has 4 aromatic heterocycles. The predicted octanol–water partition coefficient (Wildman–Crippen LogP) is 3.32. The molecule has 0 aliphatic heterocycles. The highest BCUT2D eigenvalue weighted by molar-refractivity contribution is 5.57. The van der Waals surface area contributed by atoms with Crippen molar-refractivity contribution in [3.8, 4) is 11.4 Å². The number of anilines is 1. The van der Waals surface area contributed by atoms with Crippen LogP contribution in [0.25, 0.3) is 17.2 Å². The Morgan fingerprint density at radius 2 is 1.85 bits per heavy atom. The summed E-state index contributed by atoms with van der Waals surface area (Å²) in [4.78, 5) is 17.5. The van der Waals surface area contributed by atoms with Crippen LogP contribution in [0.15, 0.2) is 55.1 Å². The zero-order chi connectivity index (χ0) is 17.9. The Balaban J connectivity index is 1.75. The van der Waals surface area contributed by atoms with Crippen molar-refractivity contribution in [1.29, 1.82) is 0 Å². The van der Waals surface area contributed by atoms with E-state index >= 15 is 0 Å². The molecule has 7 nitrogen and oxygen atoms in total. The van der Waals surface area contributed by atoms with E-state index in [-0.39, 0.29) is 5.92 Å². The van der Waals surface area contributed by atoms with Crippen LogP contribution in [0.4, 0.5) is 5.82 Å². The second-order valence-electron chi connectivity index (χ2n) is 6.32. The first-order valence-electron chi connectivity index (χ1n) is 8.51. The number of hydrogen-bond acceptors (Lipinski definition) is 6. The first-order chi connectivity index (χ1) is 12.7. The third-order valence-electron chi connectivity index (χ3n) is 4.04. The fraction of sp³-hybridized carbons (Fsp3) is 0.211. The Kier molecular flexibility index (Phi) is 4.27. The van der Waals surface area contributed by atoms with E-state index in [1.807, 2.05) is 36.5 Å². The van der Waals surface area contributed by atoms with Crippen LogP contribution in [-0.2, 0) is 6.54 Å². The van der Waals surface area contributed by atoms with Gasteiger partial charge in [-0.1, -0.05) is 19.9 Å². The Hall–Kier alpha value is -3.35. The van der Waals surface area contributed by atoms with Crippen molar-refractivity contribution in [3.05, 3.63) is 66.4 Å². The summed E-state index contributed by atoms with van der Waals surface area (Å²) in [5.74, 6) is 2.32. The number of nitrogens with one attached hydrogen (secondary N) is 1. The molecule has 0 aliphatic carbocycles. The minimum absolute atomic E-state index is 0.289. The molecule has 4 aromatic rings. The summed E-state index contributed by atoms with van der Waals surface area (Å²) >= 11 is 0. The van der Waals surface area contributed by atoms with Gasteiger partial charge >= 0.3 is 0 Å². The van der Waals surface area contributed by atoms with Crippen LogP contribution < -0.4 is 5.32 Å².